The molecule has 0 aliphatic carbocycles. The van der Waals surface area contributed by atoms with E-state index in [0.717, 1.165) is 26.0 Å². The molecule has 0 rings (SSSR count). The molecule has 0 aliphatic rings. The quantitative estimate of drug-likeness (QED) is 0.550. The van der Waals surface area contributed by atoms with E-state index in [0.29, 0.717) is 0 Å². The van der Waals surface area contributed by atoms with Crippen molar-refractivity contribution >= 4 is 0 Å². The molecule has 0 aromatic heterocycles. The van der Waals surface area contributed by atoms with E-state index in [2.05, 4.69) is 26.1 Å². The molecule has 0 heterocycles. The lowest BCUT2D eigenvalue weighted by atomic mass is 9.96. The fraction of sp³-hybridized carbons (Fsp3) is 1.00. The van der Waals surface area contributed by atoms with Gasteiger partial charge < -0.3 is 15.2 Å². The van der Waals surface area contributed by atoms with E-state index >= 15 is 0 Å². The molecule has 0 radical (unpaired) electrons. The van der Waals surface area contributed by atoms with E-state index in [1.807, 2.05) is 6.92 Å². The van der Waals surface area contributed by atoms with Gasteiger partial charge in [0.15, 0.2) is 0 Å². The largest absolute Gasteiger partial charge is 0.394 e. The van der Waals surface area contributed by atoms with Gasteiger partial charge in [-0.1, -0.05) is 33.1 Å². The first-order valence-corrected chi connectivity index (χ1v) is 7.05. The SMILES string of the molecule is CCCCCCOC(C)CC(C)(CO)NCC. The third-order valence-corrected chi connectivity index (χ3v) is 3.09. The van der Waals surface area contributed by atoms with Crippen molar-refractivity contribution in [2.24, 2.45) is 0 Å². The predicted molar refractivity (Wildman–Crippen MR) is 73.3 cm³/mol. The molecule has 0 saturated carbocycles. The van der Waals surface area contributed by atoms with E-state index in [-0.39, 0.29) is 18.2 Å². The van der Waals surface area contributed by atoms with Crippen LogP contribution in [-0.4, -0.2) is 36.5 Å². The Morgan fingerprint density at radius 2 is 1.94 bits per heavy atom. The molecule has 2 N–H and O–H groups in total. The highest BCUT2D eigenvalue weighted by molar-refractivity contribution is 4.83. The van der Waals surface area contributed by atoms with Crippen LogP contribution in [0.1, 0.15) is 59.8 Å². The standard InChI is InChI=1S/C14H31NO2/c1-5-7-8-9-10-17-13(3)11-14(4,12-16)15-6-2/h13,15-16H,5-12H2,1-4H3. The normalized spacial score (nSPS) is 16.8. The maximum Gasteiger partial charge on any atom is 0.0611 e. The molecule has 17 heavy (non-hydrogen) atoms. The number of hydrogen-bond donors (Lipinski definition) is 2. The second-order valence-electron chi connectivity index (χ2n) is 5.20. The molecule has 0 fully saturated rings. The van der Waals surface area contributed by atoms with Crippen LogP contribution in [0, 0.1) is 0 Å². The van der Waals surface area contributed by atoms with Crippen LogP contribution in [0.25, 0.3) is 0 Å². The topological polar surface area (TPSA) is 41.5 Å². The van der Waals surface area contributed by atoms with Gasteiger partial charge in [0.25, 0.3) is 0 Å². The van der Waals surface area contributed by atoms with Crippen molar-refractivity contribution in [2.75, 3.05) is 19.8 Å². The highest BCUT2D eigenvalue weighted by Crippen LogP contribution is 2.14. The lowest BCUT2D eigenvalue weighted by Crippen LogP contribution is -2.48. The minimum atomic E-state index is -0.211. The van der Waals surface area contributed by atoms with Crippen molar-refractivity contribution in [3.8, 4) is 0 Å². The van der Waals surface area contributed by atoms with Gasteiger partial charge in [-0.25, -0.2) is 0 Å². The lowest BCUT2D eigenvalue weighted by molar-refractivity contribution is 0.0267. The predicted octanol–water partition coefficient (Wildman–Crippen LogP) is 2.72. The summed E-state index contributed by atoms with van der Waals surface area (Å²) in [5.41, 5.74) is -0.211. The Morgan fingerprint density at radius 3 is 2.47 bits per heavy atom. The van der Waals surface area contributed by atoms with Gasteiger partial charge in [0, 0.05) is 12.1 Å². The van der Waals surface area contributed by atoms with Gasteiger partial charge in [-0.3, -0.25) is 0 Å². The Hall–Kier alpha value is -0.120. The maximum absolute atomic E-state index is 9.39. The molecule has 104 valence electrons. The van der Waals surface area contributed by atoms with Crippen LogP contribution < -0.4 is 5.32 Å². The van der Waals surface area contributed by atoms with Gasteiger partial charge in [-0.05, 0) is 33.2 Å². The number of aliphatic hydroxyl groups excluding tert-OH is 1. The number of rotatable bonds is 11. The number of nitrogens with one attached hydrogen (secondary N) is 1. The molecule has 0 amide bonds. The van der Waals surface area contributed by atoms with Crippen LogP contribution in [0.4, 0.5) is 0 Å². The third-order valence-electron chi connectivity index (χ3n) is 3.09. The third kappa shape index (κ3) is 8.58. The summed E-state index contributed by atoms with van der Waals surface area (Å²) >= 11 is 0. The Bertz CT molecular complexity index is 176. The summed E-state index contributed by atoms with van der Waals surface area (Å²) in [7, 11) is 0. The smallest absolute Gasteiger partial charge is 0.0611 e. The van der Waals surface area contributed by atoms with Crippen molar-refractivity contribution in [1.82, 2.24) is 5.32 Å². The van der Waals surface area contributed by atoms with Crippen molar-refractivity contribution in [1.29, 1.82) is 0 Å². The molecule has 0 saturated heterocycles. The number of ether oxygens (including phenoxy) is 1. The zero-order valence-corrected chi connectivity index (χ0v) is 12.1. The minimum absolute atomic E-state index is 0.157. The molecular formula is C14H31NO2. The summed E-state index contributed by atoms with van der Waals surface area (Å²) in [6.45, 7) is 10.3. The Morgan fingerprint density at radius 1 is 1.24 bits per heavy atom. The minimum Gasteiger partial charge on any atom is -0.394 e. The van der Waals surface area contributed by atoms with Gasteiger partial charge in [-0.15, -0.1) is 0 Å². The van der Waals surface area contributed by atoms with Crippen molar-refractivity contribution < 1.29 is 9.84 Å². The summed E-state index contributed by atoms with van der Waals surface area (Å²) < 4.78 is 5.78. The second kappa shape index (κ2) is 9.86. The van der Waals surface area contributed by atoms with Crippen LogP contribution in [0.5, 0.6) is 0 Å². The van der Waals surface area contributed by atoms with Crippen LogP contribution in [0.2, 0.25) is 0 Å². The summed E-state index contributed by atoms with van der Waals surface area (Å²) in [5, 5.41) is 12.7. The fourth-order valence-electron chi connectivity index (χ4n) is 2.13. The number of likely N-dealkylation sites (N-methyl/N-ethyl adjacent to an activating group) is 1. The molecule has 3 heteroatoms. The molecule has 0 aromatic carbocycles. The zero-order chi connectivity index (χ0) is 13.1. The average molecular weight is 245 g/mol. The average Bonchev–Trinajstić information content (AvgIpc) is 2.29. The van der Waals surface area contributed by atoms with Crippen LogP contribution in [0.15, 0.2) is 0 Å². The van der Waals surface area contributed by atoms with Gasteiger partial charge in [0.05, 0.1) is 12.7 Å². The van der Waals surface area contributed by atoms with Crippen LogP contribution in [-0.2, 0) is 4.74 Å². The highest BCUT2D eigenvalue weighted by Gasteiger charge is 2.24. The first kappa shape index (κ1) is 16.9. The number of unbranched alkanes of at least 4 members (excludes halogenated alkanes) is 3. The first-order valence-electron chi connectivity index (χ1n) is 7.05. The molecule has 0 aromatic rings. The number of hydrogen-bond acceptors (Lipinski definition) is 3. The number of aliphatic hydroxyl groups is 1. The molecule has 2 atom stereocenters. The highest BCUT2D eigenvalue weighted by atomic mass is 16.5. The Kier molecular flexibility index (Phi) is 9.79. The van der Waals surface area contributed by atoms with E-state index < -0.39 is 0 Å². The Balaban J connectivity index is 3.71. The van der Waals surface area contributed by atoms with Gasteiger partial charge >= 0.3 is 0 Å². The van der Waals surface area contributed by atoms with E-state index in [9.17, 15) is 5.11 Å². The molecule has 0 aliphatic heterocycles. The second-order valence-corrected chi connectivity index (χ2v) is 5.20. The van der Waals surface area contributed by atoms with E-state index in [4.69, 9.17) is 4.74 Å². The Labute approximate surface area is 107 Å². The van der Waals surface area contributed by atoms with Crippen molar-refractivity contribution in [2.45, 2.75) is 71.4 Å². The summed E-state index contributed by atoms with van der Waals surface area (Å²) in [4.78, 5) is 0. The van der Waals surface area contributed by atoms with Crippen molar-refractivity contribution in [3.63, 3.8) is 0 Å². The molecule has 0 bridgehead atoms. The van der Waals surface area contributed by atoms with Gasteiger partial charge in [-0.2, -0.15) is 0 Å². The maximum atomic E-state index is 9.39. The molecular weight excluding hydrogens is 214 g/mol. The van der Waals surface area contributed by atoms with Crippen molar-refractivity contribution in [3.05, 3.63) is 0 Å². The summed E-state index contributed by atoms with van der Waals surface area (Å²) in [6.07, 6.45) is 6.02. The summed E-state index contributed by atoms with van der Waals surface area (Å²) in [5.74, 6) is 0. The summed E-state index contributed by atoms with van der Waals surface area (Å²) in [6, 6.07) is 0. The van der Waals surface area contributed by atoms with Crippen LogP contribution in [0.3, 0.4) is 0 Å². The first-order chi connectivity index (χ1) is 8.08. The van der Waals surface area contributed by atoms with E-state index in [1.54, 1.807) is 0 Å². The lowest BCUT2D eigenvalue weighted by Gasteiger charge is -2.31. The molecule has 3 nitrogen and oxygen atoms in total. The van der Waals surface area contributed by atoms with Gasteiger partial charge in [0.1, 0.15) is 0 Å². The van der Waals surface area contributed by atoms with E-state index in [1.165, 1.54) is 19.3 Å². The zero-order valence-electron chi connectivity index (χ0n) is 12.1. The molecule has 0 spiro atoms. The van der Waals surface area contributed by atoms with Crippen LogP contribution >= 0.6 is 0 Å². The fourth-order valence-corrected chi connectivity index (χ4v) is 2.13. The molecule has 2 unspecified atom stereocenters. The monoisotopic (exact) mass is 245 g/mol. The van der Waals surface area contributed by atoms with Gasteiger partial charge in [0.2, 0.25) is 0 Å².